The van der Waals surface area contributed by atoms with E-state index in [1.165, 1.54) is 21.3 Å². The number of methoxy groups -OCH3 is 6. The first-order valence-corrected chi connectivity index (χ1v) is 10.8. The van der Waals surface area contributed by atoms with Gasteiger partial charge in [0.05, 0.1) is 54.8 Å². The minimum Gasteiger partial charge on any atom is -0.496 e. The number of nitrogens with zero attached hydrogens (tertiary/aromatic N) is 1. The second kappa shape index (κ2) is 11.5. The zero-order chi connectivity index (χ0) is 24.7. The Morgan fingerprint density at radius 1 is 0.824 bits per heavy atom. The van der Waals surface area contributed by atoms with Crippen molar-refractivity contribution in [1.82, 2.24) is 4.90 Å². The number of nitrogens with one attached hydrogen (secondary N) is 1. The van der Waals surface area contributed by atoms with Gasteiger partial charge in [-0.05, 0) is 12.0 Å². The molecular weight excluding hydrogens is 440 g/mol. The molecule has 0 radical (unpaired) electrons. The standard InChI is InChI=1S/C25H32N2O7/c1-29-18-13-19(30-2)24(20(14-18)31-3)16-7-9-27(10-8-16)15-23(28)26-17-11-21(32-4)25(34-6)22(12-17)33-5/h7,11-14H,8-10,15H2,1-6H3,(H,26,28). The van der Waals surface area contributed by atoms with Crippen LogP contribution in [0.4, 0.5) is 5.69 Å². The molecule has 184 valence electrons. The molecule has 9 heteroatoms. The number of rotatable bonds is 10. The predicted octanol–water partition coefficient (Wildman–Crippen LogP) is 3.47. The predicted molar refractivity (Wildman–Crippen MR) is 130 cm³/mol. The van der Waals surface area contributed by atoms with E-state index in [9.17, 15) is 4.79 Å². The van der Waals surface area contributed by atoms with E-state index in [1.54, 1.807) is 33.5 Å². The summed E-state index contributed by atoms with van der Waals surface area (Å²) >= 11 is 0. The molecule has 34 heavy (non-hydrogen) atoms. The maximum absolute atomic E-state index is 12.7. The fourth-order valence-corrected chi connectivity index (χ4v) is 3.96. The molecule has 1 amide bonds. The summed E-state index contributed by atoms with van der Waals surface area (Å²) in [6.07, 6.45) is 2.85. The topological polar surface area (TPSA) is 87.7 Å². The van der Waals surface area contributed by atoms with E-state index in [1.807, 2.05) is 12.1 Å². The summed E-state index contributed by atoms with van der Waals surface area (Å²) in [5, 5.41) is 2.91. The molecule has 1 heterocycles. The van der Waals surface area contributed by atoms with Crippen molar-refractivity contribution in [3.05, 3.63) is 35.9 Å². The minimum atomic E-state index is -0.134. The molecule has 2 aromatic rings. The Morgan fingerprint density at radius 3 is 1.85 bits per heavy atom. The van der Waals surface area contributed by atoms with Gasteiger partial charge in [-0.2, -0.15) is 0 Å². The van der Waals surface area contributed by atoms with Crippen LogP contribution in [0, 0.1) is 0 Å². The van der Waals surface area contributed by atoms with Crippen molar-refractivity contribution in [2.75, 3.05) is 67.6 Å². The van der Waals surface area contributed by atoms with E-state index < -0.39 is 0 Å². The number of hydrogen-bond donors (Lipinski definition) is 1. The number of anilines is 1. The van der Waals surface area contributed by atoms with Crippen molar-refractivity contribution in [2.45, 2.75) is 6.42 Å². The molecule has 0 unspecified atom stereocenters. The average molecular weight is 473 g/mol. The second-order valence-electron chi connectivity index (χ2n) is 7.58. The molecule has 1 aliphatic rings. The van der Waals surface area contributed by atoms with E-state index in [0.29, 0.717) is 53.3 Å². The Bertz CT molecular complexity index is 1000. The maximum atomic E-state index is 12.7. The summed E-state index contributed by atoms with van der Waals surface area (Å²) in [4.78, 5) is 14.8. The normalized spacial score (nSPS) is 13.5. The van der Waals surface area contributed by atoms with Gasteiger partial charge in [0.15, 0.2) is 11.5 Å². The van der Waals surface area contributed by atoms with Crippen LogP contribution in [0.25, 0.3) is 5.57 Å². The van der Waals surface area contributed by atoms with Crippen LogP contribution in [0.15, 0.2) is 30.3 Å². The van der Waals surface area contributed by atoms with E-state index in [-0.39, 0.29) is 12.5 Å². The van der Waals surface area contributed by atoms with Crippen molar-refractivity contribution < 1.29 is 33.2 Å². The lowest BCUT2D eigenvalue weighted by molar-refractivity contribution is -0.117. The summed E-state index contributed by atoms with van der Waals surface area (Å²) in [7, 11) is 9.46. The summed E-state index contributed by atoms with van der Waals surface area (Å²) in [6.45, 7) is 1.58. The minimum absolute atomic E-state index is 0.134. The molecule has 0 fully saturated rings. The van der Waals surface area contributed by atoms with Crippen LogP contribution in [0.2, 0.25) is 0 Å². The van der Waals surface area contributed by atoms with Crippen molar-refractivity contribution in [3.63, 3.8) is 0 Å². The highest BCUT2D eigenvalue weighted by atomic mass is 16.5. The molecule has 0 aromatic heterocycles. The van der Waals surface area contributed by atoms with Crippen molar-refractivity contribution in [3.8, 4) is 34.5 Å². The van der Waals surface area contributed by atoms with Crippen molar-refractivity contribution in [1.29, 1.82) is 0 Å². The van der Waals surface area contributed by atoms with Crippen LogP contribution in [0.3, 0.4) is 0 Å². The first kappa shape index (κ1) is 25.0. The summed E-state index contributed by atoms with van der Waals surface area (Å²) in [6, 6.07) is 7.09. The summed E-state index contributed by atoms with van der Waals surface area (Å²) < 4.78 is 32.6. The fourth-order valence-electron chi connectivity index (χ4n) is 3.96. The third kappa shape index (κ3) is 5.48. The van der Waals surface area contributed by atoms with Gasteiger partial charge in [0, 0.05) is 43.0 Å². The highest BCUT2D eigenvalue weighted by Gasteiger charge is 2.22. The SMILES string of the molecule is COc1cc(OC)c(C2=CCN(CC(=O)Nc3cc(OC)c(OC)c(OC)c3)CC2)c(OC)c1. The molecule has 1 aliphatic heterocycles. The molecule has 0 aliphatic carbocycles. The van der Waals surface area contributed by atoms with Crippen LogP contribution in [-0.4, -0.2) is 73.1 Å². The van der Waals surface area contributed by atoms with Crippen LogP contribution < -0.4 is 33.7 Å². The van der Waals surface area contributed by atoms with E-state index in [0.717, 1.165) is 17.6 Å². The second-order valence-corrected chi connectivity index (χ2v) is 7.58. The van der Waals surface area contributed by atoms with Crippen LogP contribution >= 0.6 is 0 Å². The smallest absolute Gasteiger partial charge is 0.238 e. The molecule has 0 spiro atoms. The summed E-state index contributed by atoms with van der Waals surface area (Å²) in [5.41, 5.74) is 2.59. The highest BCUT2D eigenvalue weighted by molar-refractivity contribution is 5.93. The Morgan fingerprint density at radius 2 is 1.41 bits per heavy atom. The lowest BCUT2D eigenvalue weighted by Gasteiger charge is -2.27. The molecule has 3 rings (SSSR count). The van der Waals surface area contributed by atoms with Gasteiger partial charge < -0.3 is 33.7 Å². The average Bonchev–Trinajstić information content (AvgIpc) is 2.87. The fraction of sp³-hybridized carbons (Fsp3) is 0.400. The molecule has 0 bridgehead atoms. The van der Waals surface area contributed by atoms with Crippen LogP contribution in [-0.2, 0) is 4.79 Å². The molecular formula is C25H32N2O7. The number of hydrogen-bond acceptors (Lipinski definition) is 8. The number of benzene rings is 2. The Kier molecular flexibility index (Phi) is 8.48. The van der Waals surface area contributed by atoms with E-state index in [4.69, 9.17) is 28.4 Å². The van der Waals surface area contributed by atoms with E-state index in [2.05, 4.69) is 16.3 Å². The number of carbonyl (C=O) groups excluding carboxylic acids is 1. The number of ether oxygens (including phenoxy) is 6. The number of carbonyl (C=O) groups is 1. The Balaban J connectivity index is 1.70. The van der Waals surface area contributed by atoms with Gasteiger partial charge in [0.1, 0.15) is 17.2 Å². The number of amides is 1. The van der Waals surface area contributed by atoms with Gasteiger partial charge in [0.25, 0.3) is 0 Å². The van der Waals surface area contributed by atoms with Gasteiger partial charge in [0.2, 0.25) is 11.7 Å². The molecule has 9 nitrogen and oxygen atoms in total. The zero-order valence-electron chi connectivity index (χ0n) is 20.5. The van der Waals surface area contributed by atoms with Gasteiger partial charge >= 0.3 is 0 Å². The monoisotopic (exact) mass is 472 g/mol. The zero-order valence-corrected chi connectivity index (χ0v) is 20.5. The molecule has 0 atom stereocenters. The lowest BCUT2D eigenvalue weighted by Crippen LogP contribution is -2.36. The maximum Gasteiger partial charge on any atom is 0.238 e. The van der Waals surface area contributed by atoms with Crippen molar-refractivity contribution in [2.24, 2.45) is 0 Å². The largest absolute Gasteiger partial charge is 0.496 e. The first-order chi connectivity index (χ1) is 16.5. The van der Waals surface area contributed by atoms with Gasteiger partial charge in [-0.25, -0.2) is 0 Å². The first-order valence-electron chi connectivity index (χ1n) is 10.8. The van der Waals surface area contributed by atoms with Gasteiger partial charge in [-0.15, -0.1) is 0 Å². The van der Waals surface area contributed by atoms with Crippen molar-refractivity contribution >= 4 is 17.2 Å². The molecule has 1 N–H and O–H groups in total. The molecule has 0 saturated carbocycles. The van der Waals surface area contributed by atoms with E-state index >= 15 is 0 Å². The molecule has 2 aromatic carbocycles. The third-order valence-corrected chi connectivity index (χ3v) is 5.65. The quantitative estimate of drug-likeness (QED) is 0.563. The van der Waals surface area contributed by atoms with Gasteiger partial charge in [-0.1, -0.05) is 6.08 Å². The Labute approximate surface area is 200 Å². The molecule has 0 saturated heterocycles. The highest BCUT2D eigenvalue weighted by Crippen LogP contribution is 2.41. The van der Waals surface area contributed by atoms with Crippen LogP contribution in [0.5, 0.6) is 34.5 Å². The van der Waals surface area contributed by atoms with Crippen LogP contribution in [0.1, 0.15) is 12.0 Å². The van der Waals surface area contributed by atoms with Gasteiger partial charge in [-0.3, -0.25) is 9.69 Å². The summed E-state index contributed by atoms with van der Waals surface area (Å²) in [5.74, 6) is 3.34. The Hall–Kier alpha value is -3.59. The lowest BCUT2D eigenvalue weighted by atomic mass is 9.97. The third-order valence-electron chi connectivity index (χ3n) is 5.65.